The molecule has 3 saturated carbocycles. The van der Waals surface area contributed by atoms with Crippen LogP contribution in [0.2, 0.25) is 0 Å². The van der Waals surface area contributed by atoms with E-state index in [2.05, 4.69) is 20.9 Å². The van der Waals surface area contributed by atoms with Gasteiger partial charge in [-0.25, -0.2) is 19.9 Å². The van der Waals surface area contributed by atoms with Crippen LogP contribution in [-0.4, -0.2) is 45.2 Å². The lowest BCUT2D eigenvalue weighted by atomic mass is 9.82. The summed E-state index contributed by atoms with van der Waals surface area (Å²) in [6.07, 6.45) is 9.82. The average molecular weight is 364 g/mol. The van der Waals surface area contributed by atoms with Gasteiger partial charge in [0, 0.05) is 29.9 Å². The van der Waals surface area contributed by atoms with Crippen LogP contribution < -0.4 is 10.6 Å². The maximum absolute atomic E-state index is 5.77. The molecule has 2 saturated heterocycles. The Morgan fingerprint density at radius 2 is 1.74 bits per heavy atom. The van der Waals surface area contributed by atoms with E-state index >= 15 is 0 Å². The monoisotopic (exact) mass is 364 g/mol. The summed E-state index contributed by atoms with van der Waals surface area (Å²) < 4.78 is 5.77. The smallest absolute Gasteiger partial charge is 0.219 e. The lowest BCUT2D eigenvalue weighted by molar-refractivity contribution is 0.0902. The number of fused-ring (bicyclic) bond motifs is 3. The zero-order valence-corrected chi connectivity index (χ0v) is 15.3. The molecule has 0 amide bonds. The van der Waals surface area contributed by atoms with Crippen LogP contribution in [0.1, 0.15) is 43.8 Å². The fourth-order valence-electron chi connectivity index (χ4n) is 5.55. The predicted molar refractivity (Wildman–Crippen MR) is 101 cm³/mol. The molecule has 7 rings (SSSR count). The summed E-state index contributed by atoms with van der Waals surface area (Å²) in [6.45, 7) is 1.59. The molecule has 2 aliphatic heterocycles. The van der Waals surface area contributed by atoms with Gasteiger partial charge in [0.2, 0.25) is 5.95 Å². The summed E-state index contributed by atoms with van der Waals surface area (Å²) in [5.41, 5.74) is 7.48. The molecule has 3 atom stereocenters. The summed E-state index contributed by atoms with van der Waals surface area (Å²) >= 11 is 0. The van der Waals surface area contributed by atoms with Crippen LogP contribution in [-0.2, 0) is 4.74 Å². The molecule has 2 aromatic rings. The van der Waals surface area contributed by atoms with Gasteiger partial charge in [-0.2, -0.15) is 0 Å². The van der Waals surface area contributed by atoms with Gasteiger partial charge in [-0.15, -0.1) is 0 Å². The van der Waals surface area contributed by atoms with Crippen LogP contribution in [0.25, 0.3) is 11.3 Å². The number of rotatable bonds is 3. The Kier molecular flexibility index (Phi) is 3.42. The fourth-order valence-corrected chi connectivity index (χ4v) is 5.55. The number of nitrogens with zero attached hydrogens (tertiary/aromatic N) is 5. The largest absolute Gasteiger partial charge is 0.377 e. The van der Waals surface area contributed by atoms with Gasteiger partial charge in [-0.1, -0.05) is 0 Å². The number of morpholine rings is 1. The minimum Gasteiger partial charge on any atom is -0.377 e. The van der Waals surface area contributed by atoms with Crippen molar-refractivity contribution in [1.29, 1.82) is 0 Å². The van der Waals surface area contributed by atoms with Gasteiger partial charge in [0.1, 0.15) is 11.6 Å². The van der Waals surface area contributed by atoms with E-state index in [1.807, 2.05) is 0 Å². The number of aromatic nitrogens is 4. The van der Waals surface area contributed by atoms with E-state index in [0.29, 0.717) is 18.0 Å². The molecule has 3 aliphatic carbocycles. The van der Waals surface area contributed by atoms with Crippen molar-refractivity contribution in [2.75, 3.05) is 23.8 Å². The highest BCUT2D eigenvalue weighted by atomic mass is 16.5. The fraction of sp³-hybridized carbons (Fsp3) is 0.600. The second-order valence-corrected chi connectivity index (χ2v) is 8.57. The highest BCUT2D eigenvalue weighted by Crippen LogP contribution is 2.56. The van der Waals surface area contributed by atoms with E-state index < -0.39 is 0 Å². The number of ether oxygens (including phenoxy) is 1. The van der Waals surface area contributed by atoms with Crippen molar-refractivity contribution in [2.24, 2.45) is 11.8 Å². The number of nitrogens with two attached hydrogens (primary N) is 1. The highest BCUT2D eigenvalue weighted by molar-refractivity contribution is 5.62. The minimum absolute atomic E-state index is 0.288. The van der Waals surface area contributed by atoms with Gasteiger partial charge in [0.25, 0.3) is 0 Å². The average Bonchev–Trinajstić information content (AvgIpc) is 3.33. The molecule has 2 aromatic heterocycles. The molecule has 27 heavy (non-hydrogen) atoms. The van der Waals surface area contributed by atoms with Crippen LogP contribution in [0, 0.1) is 11.8 Å². The van der Waals surface area contributed by atoms with Gasteiger partial charge < -0.3 is 15.4 Å². The van der Waals surface area contributed by atoms with Crippen LogP contribution >= 0.6 is 0 Å². The van der Waals surface area contributed by atoms with Crippen molar-refractivity contribution >= 4 is 11.8 Å². The number of nitrogen functional groups attached to an aromatic ring is 1. The summed E-state index contributed by atoms with van der Waals surface area (Å²) in [6, 6.07) is 2.97. The third-order valence-corrected chi connectivity index (χ3v) is 6.96. The lowest BCUT2D eigenvalue weighted by Gasteiger charge is -2.36. The van der Waals surface area contributed by atoms with Crippen LogP contribution in [0.4, 0.5) is 11.8 Å². The van der Waals surface area contributed by atoms with Crippen molar-refractivity contribution in [3.63, 3.8) is 0 Å². The Labute approximate surface area is 158 Å². The first-order valence-electron chi connectivity index (χ1n) is 10.1. The molecule has 5 fully saturated rings. The molecule has 0 aromatic carbocycles. The van der Waals surface area contributed by atoms with Crippen molar-refractivity contribution in [2.45, 2.75) is 50.1 Å². The number of anilines is 2. The molecule has 2 N–H and O–H groups in total. The van der Waals surface area contributed by atoms with Crippen LogP contribution in [0.15, 0.2) is 18.5 Å². The van der Waals surface area contributed by atoms with E-state index in [-0.39, 0.29) is 5.95 Å². The first-order valence-corrected chi connectivity index (χ1v) is 10.1. The molecule has 0 spiro atoms. The maximum atomic E-state index is 5.77. The third-order valence-electron chi connectivity index (χ3n) is 6.96. The van der Waals surface area contributed by atoms with Gasteiger partial charge in [-0.05, 0) is 43.9 Å². The highest BCUT2D eigenvalue weighted by Gasteiger charge is 2.46. The molecule has 4 bridgehead atoms. The minimum atomic E-state index is 0.288. The summed E-state index contributed by atoms with van der Waals surface area (Å²) in [4.78, 5) is 20.9. The van der Waals surface area contributed by atoms with E-state index in [1.165, 1.54) is 32.1 Å². The molecule has 7 nitrogen and oxygen atoms in total. The van der Waals surface area contributed by atoms with Crippen molar-refractivity contribution in [1.82, 2.24) is 19.9 Å². The maximum Gasteiger partial charge on any atom is 0.219 e. The van der Waals surface area contributed by atoms with E-state index in [0.717, 1.165) is 47.9 Å². The van der Waals surface area contributed by atoms with Crippen LogP contribution in [0.3, 0.4) is 0 Å². The molecule has 4 heterocycles. The lowest BCUT2D eigenvalue weighted by Crippen LogP contribution is -2.46. The molecular formula is C20H24N6O. The molecule has 5 aliphatic rings. The van der Waals surface area contributed by atoms with Gasteiger partial charge in [0.05, 0.1) is 31.0 Å². The first-order chi connectivity index (χ1) is 13.2. The first kappa shape index (κ1) is 15.7. The molecule has 3 unspecified atom stereocenters. The summed E-state index contributed by atoms with van der Waals surface area (Å²) in [7, 11) is 0. The zero-order valence-electron chi connectivity index (χ0n) is 15.3. The van der Waals surface area contributed by atoms with Gasteiger partial charge in [0.15, 0.2) is 0 Å². The van der Waals surface area contributed by atoms with Crippen molar-refractivity contribution in [3.8, 4) is 11.3 Å². The van der Waals surface area contributed by atoms with Gasteiger partial charge >= 0.3 is 0 Å². The third kappa shape index (κ3) is 2.51. The quantitative estimate of drug-likeness (QED) is 0.894. The number of hydrogen-bond donors (Lipinski definition) is 1. The Morgan fingerprint density at radius 3 is 2.41 bits per heavy atom. The second kappa shape index (κ2) is 5.86. The van der Waals surface area contributed by atoms with Crippen molar-refractivity contribution < 1.29 is 4.74 Å². The topological polar surface area (TPSA) is 90.0 Å². The predicted octanol–water partition coefficient (Wildman–Crippen LogP) is 2.40. The molecule has 140 valence electrons. The summed E-state index contributed by atoms with van der Waals surface area (Å²) in [5.74, 6) is 4.50. The Morgan fingerprint density at radius 1 is 1.00 bits per heavy atom. The Balaban J connectivity index is 1.44. The molecule has 0 radical (unpaired) electrons. The number of hydrogen-bond acceptors (Lipinski definition) is 7. The van der Waals surface area contributed by atoms with E-state index in [9.17, 15) is 0 Å². The molecule has 7 heteroatoms. The summed E-state index contributed by atoms with van der Waals surface area (Å²) in [5, 5.41) is 0. The second-order valence-electron chi connectivity index (χ2n) is 8.57. The Hall–Kier alpha value is -2.28. The normalized spacial score (nSPS) is 33.9. The Bertz CT molecular complexity index is 849. The van der Waals surface area contributed by atoms with Gasteiger partial charge in [-0.3, -0.25) is 0 Å². The zero-order chi connectivity index (χ0) is 18.0. The standard InChI is InChI=1S/C20H24N6O/c21-20-22-7-13(8-23-20)17-6-18(26-14-1-2-15(26)10-27-9-14)25-19(24-17)16-5-11-3-12(16)4-11/h6-8,11-12,14-16H,1-5,9-10H2,(H2,21,22,23). The SMILES string of the molecule is Nc1ncc(-c2cc(N3C4CCC3COC4)nc(C3CC4CC3C4)n2)cn1. The van der Waals surface area contributed by atoms with Crippen LogP contribution in [0.5, 0.6) is 0 Å². The van der Waals surface area contributed by atoms with E-state index in [1.54, 1.807) is 12.4 Å². The van der Waals surface area contributed by atoms with Crippen molar-refractivity contribution in [3.05, 3.63) is 24.3 Å². The molecular weight excluding hydrogens is 340 g/mol. The van der Waals surface area contributed by atoms with E-state index in [4.69, 9.17) is 20.4 Å².